The van der Waals surface area contributed by atoms with E-state index in [9.17, 15) is 18.0 Å². The fourth-order valence-corrected chi connectivity index (χ4v) is 2.41. The molecule has 6 heteroatoms. The molecule has 0 radical (unpaired) electrons. The van der Waals surface area contributed by atoms with Crippen molar-refractivity contribution >= 4 is 27.8 Å². The highest BCUT2D eigenvalue weighted by Crippen LogP contribution is 2.34. The van der Waals surface area contributed by atoms with E-state index in [0.717, 1.165) is 23.6 Å². The van der Waals surface area contributed by atoms with Gasteiger partial charge in [-0.05, 0) is 18.6 Å². The molecule has 0 unspecified atom stereocenters. The average molecular weight is 245 g/mol. The summed E-state index contributed by atoms with van der Waals surface area (Å²) in [5.41, 5.74) is 0.294. The van der Waals surface area contributed by atoms with Gasteiger partial charge in [-0.15, -0.1) is 11.3 Å². The Balaban J connectivity index is 2.68. The molecule has 0 fully saturated rings. The molecule has 0 saturated heterocycles. The zero-order chi connectivity index (χ0) is 11.9. The van der Waals surface area contributed by atoms with Crippen LogP contribution in [0.2, 0.25) is 0 Å². The van der Waals surface area contributed by atoms with E-state index in [4.69, 9.17) is 0 Å². The second kappa shape index (κ2) is 3.55. The summed E-state index contributed by atoms with van der Waals surface area (Å²) in [6.45, 7) is 1.67. The Hall–Kier alpha value is -1.43. The minimum absolute atomic E-state index is 0.384. The number of nitrogens with zero attached hydrogens (tertiary/aromatic N) is 1. The molecule has 0 aliphatic heterocycles. The zero-order valence-corrected chi connectivity index (χ0v) is 8.95. The Labute approximate surface area is 92.7 Å². The molecule has 0 N–H and O–H groups in total. The number of aldehydes is 1. The van der Waals surface area contributed by atoms with Crippen molar-refractivity contribution in [2.45, 2.75) is 13.1 Å². The molecule has 16 heavy (non-hydrogen) atoms. The van der Waals surface area contributed by atoms with Gasteiger partial charge in [0, 0.05) is 6.20 Å². The van der Waals surface area contributed by atoms with Gasteiger partial charge >= 0.3 is 6.18 Å². The van der Waals surface area contributed by atoms with Crippen molar-refractivity contribution in [3.63, 3.8) is 0 Å². The highest BCUT2D eigenvalue weighted by molar-refractivity contribution is 7.20. The minimum Gasteiger partial charge on any atom is -0.297 e. The predicted octanol–water partition coefficient (Wildman–Crippen LogP) is 3.44. The Morgan fingerprint density at radius 1 is 1.44 bits per heavy atom. The molecule has 0 aliphatic rings. The average Bonchev–Trinajstić information content (AvgIpc) is 2.54. The number of alkyl halides is 3. The number of carbonyl (C=O) groups excluding carboxylic acids is 1. The molecule has 2 aromatic heterocycles. The lowest BCUT2D eigenvalue weighted by molar-refractivity contribution is -0.137. The van der Waals surface area contributed by atoms with Gasteiger partial charge in [-0.1, -0.05) is 0 Å². The fraction of sp³-hybridized carbons (Fsp3) is 0.200. The van der Waals surface area contributed by atoms with E-state index in [1.165, 1.54) is 0 Å². The number of halogens is 3. The van der Waals surface area contributed by atoms with Crippen LogP contribution in [0, 0.1) is 6.92 Å². The highest BCUT2D eigenvalue weighted by Gasteiger charge is 2.31. The van der Waals surface area contributed by atoms with E-state index < -0.39 is 11.7 Å². The summed E-state index contributed by atoms with van der Waals surface area (Å²) < 4.78 is 37.6. The van der Waals surface area contributed by atoms with Crippen LogP contribution in [0.15, 0.2) is 12.3 Å². The van der Waals surface area contributed by atoms with Crippen molar-refractivity contribution in [3.05, 3.63) is 28.3 Å². The third kappa shape index (κ3) is 1.69. The standard InChI is InChI=1S/C10H6F3NOS/c1-5-8(4-15)16-7-2-6(10(11,12)13)3-14-9(5)7/h2-4H,1H3. The SMILES string of the molecule is Cc1c(C=O)sc2cc(C(F)(F)F)cnc12. The van der Waals surface area contributed by atoms with E-state index >= 15 is 0 Å². The largest absolute Gasteiger partial charge is 0.417 e. The van der Waals surface area contributed by atoms with E-state index in [1.54, 1.807) is 6.92 Å². The Morgan fingerprint density at radius 2 is 2.12 bits per heavy atom. The van der Waals surface area contributed by atoms with Crippen molar-refractivity contribution in [2.75, 3.05) is 0 Å². The zero-order valence-electron chi connectivity index (χ0n) is 8.13. The number of aromatic nitrogens is 1. The highest BCUT2D eigenvalue weighted by atomic mass is 32.1. The van der Waals surface area contributed by atoms with E-state index in [0.29, 0.717) is 26.9 Å². The molecule has 2 nitrogen and oxygen atoms in total. The normalized spacial score (nSPS) is 12.0. The molecule has 0 atom stereocenters. The maximum Gasteiger partial charge on any atom is 0.417 e. The number of hydrogen-bond acceptors (Lipinski definition) is 3. The number of rotatable bonds is 1. The maximum atomic E-state index is 12.4. The second-order valence-corrected chi connectivity index (χ2v) is 4.36. The Morgan fingerprint density at radius 3 is 2.69 bits per heavy atom. The molecule has 0 aliphatic carbocycles. The first kappa shape index (κ1) is 11.1. The molecule has 0 amide bonds. The van der Waals surface area contributed by atoms with Crippen molar-refractivity contribution in [2.24, 2.45) is 0 Å². The molecule has 0 spiro atoms. The van der Waals surface area contributed by atoms with Gasteiger partial charge in [0.15, 0.2) is 6.29 Å². The molecular formula is C10H6F3NOS. The van der Waals surface area contributed by atoms with Gasteiger partial charge in [-0.2, -0.15) is 13.2 Å². The summed E-state index contributed by atoms with van der Waals surface area (Å²) in [6, 6.07) is 1.02. The lowest BCUT2D eigenvalue weighted by Gasteiger charge is -2.04. The smallest absolute Gasteiger partial charge is 0.297 e. The summed E-state index contributed by atoms with van der Waals surface area (Å²) in [5, 5.41) is 0. The third-order valence-electron chi connectivity index (χ3n) is 2.23. The van der Waals surface area contributed by atoms with E-state index in [-0.39, 0.29) is 0 Å². The summed E-state index contributed by atoms with van der Waals surface area (Å²) in [6.07, 6.45) is -2.98. The molecule has 2 aromatic rings. The van der Waals surface area contributed by atoms with Gasteiger partial charge in [-0.25, -0.2) is 0 Å². The maximum absolute atomic E-state index is 12.4. The lowest BCUT2D eigenvalue weighted by Crippen LogP contribution is -2.04. The summed E-state index contributed by atoms with van der Waals surface area (Å²) in [5.74, 6) is 0. The van der Waals surface area contributed by atoms with Crippen LogP contribution in [0.4, 0.5) is 13.2 Å². The topological polar surface area (TPSA) is 30.0 Å². The first-order valence-electron chi connectivity index (χ1n) is 4.35. The summed E-state index contributed by atoms with van der Waals surface area (Å²) in [7, 11) is 0. The number of fused-ring (bicyclic) bond motifs is 1. The van der Waals surface area contributed by atoms with Gasteiger partial charge in [0.25, 0.3) is 0 Å². The Kier molecular flexibility index (Phi) is 2.46. The first-order chi connectivity index (χ1) is 7.43. The molecule has 0 aromatic carbocycles. The van der Waals surface area contributed by atoms with Crippen LogP contribution in [-0.4, -0.2) is 11.3 Å². The molecule has 2 heterocycles. The molecule has 2 rings (SSSR count). The quantitative estimate of drug-likeness (QED) is 0.720. The monoisotopic (exact) mass is 245 g/mol. The molecule has 0 bridgehead atoms. The van der Waals surface area contributed by atoms with Crippen LogP contribution in [-0.2, 0) is 6.18 Å². The van der Waals surface area contributed by atoms with Crippen LogP contribution in [0.25, 0.3) is 10.2 Å². The lowest BCUT2D eigenvalue weighted by atomic mass is 10.2. The molecule has 0 saturated carbocycles. The van der Waals surface area contributed by atoms with Crippen LogP contribution in [0.5, 0.6) is 0 Å². The Bertz CT molecular complexity index is 559. The number of carbonyl (C=O) groups is 1. The minimum atomic E-state index is -4.40. The third-order valence-corrected chi connectivity index (χ3v) is 3.39. The predicted molar refractivity (Wildman–Crippen MR) is 54.7 cm³/mol. The van der Waals surface area contributed by atoms with Crippen LogP contribution >= 0.6 is 11.3 Å². The van der Waals surface area contributed by atoms with Crippen molar-refractivity contribution < 1.29 is 18.0 Å². The van der Waals surface area contributed by atoms with E-state index in [2.05, 4.69) is 4.98 Å². The second-order valence-electron chi connectivity index (χ2n) is 3.28. The van der Waals surface area contributed by atoms with Gasteiger partial charge in [0.2, 0.25) is 0 Å². The van der Waals surface area contributed by atoms with Gasteiger partial charge < -0.3 is 0 Å². The van der Waals surface area contributed by atoms with Crippen molar-refractivity contribution in [1.29, 1.82) is 0 Å². The number of pyridine rings is 1. The number of thiophene rings is 1. The summed E-state index contributed by atoms with van der Waals surface area (Å²) in [4.78, 5) is 14.8. The number of aryl methyl sites for hydroxylation is 1. The van der Waals surface area contributed by atoms with Crippen molar-refractivity contribution in [1.82, 2.24) is 4.98 Å². The van der Waals surface area contributed by atoms with Crippen LogP contribution < -0.4 is 0 Å². The number of hydrogen-bond donors (Lipinski definition) is 0. The molecule has 84 valence electrons. The van der Waals surface area contributed by atoms with Crippen LogP contribution in [0.3, 0.4) is 0 Å². The van der Waals surface area contributed by atoms with Gasteiger partial charge in [-0.3, -0.25) is 9.78 Å². The molecular weight excluding hydrogens is 239 g/mol. The fourth-order valence-electron chi connectivity index (χ4n) is 1.38. The van der Waals surface area contributed by atoms with Gasteiger partial charge in [0.1, 0.15) is 0 Å². The van der Waals surface area contributed by atoms with Gasteiger partial charge in [0.05, 0.1) is 20.7 Å². The first-order valence-corrected chi connectivity index (χ1v) is 5.16. The van der Waals surface area contributed by atoms with Crippen molar-refractivity contribution in [3.8, 4) is 0 Å². The van der Waals surface area contributed by atoms with Crippen LogP contribution in [0.1, 0.15) is 20.8 Å². The summed E-state index contributed by atoms with van der Waals surface area (Å²) >= 11 is 1.02. The van der Waals surface area contributed by atoms with E-state index in [1.807, 2.05) is 0 Å².